The molecule has 0 unspecified atom stereocenters. The lowest BCUT2D eigenvalue weighted by molar-refractivity contribution is 0.283. The number of aliphatic hydroxyl groups excluding tert-OH is 1. The fraction of sp³-hybridized carbons (Fsp3) is 0.400. The maximum absolute atomic E-state index is 14.2. The molecule has 1 aliphatic rings. The van der Waals surface area contributed by atoms with Gasteiger partial charge in [-0.25, -0.2) is 4.39 Å². The molecule has 0 amide bonds. The van der Waals surface area contributed by atoms with E-state index in [9.17, 15) is 4.39 Å². The number of halogens is 2. The summed E-state index contributed by atoms with van der Waals surface area (Å²) in [6, 6.07) is 14.2. The van der Waals surface area contributed by atoms with Crippen LogP contribution in [0, 0.1) is 5.82 Å². The average Bonchev–Trinajstić information content (AvgIpc) is 2.86. The van der Waals surface area contributed by atoms with Crippen molar-refractivity contribution >= 4 is 40.8 Å². The van der Waals surface area contributed by atoms with E-state index in [0.717, 1.165) is 37.9 Å². The Hall–Kier alpha value is -3.17. The van der Waals surface area contributed by atoms with E-state index < -0.39 is 0 Å². The average molecular weight is 500 g/mol. The van der Waals surface area contributed by atoms with Crippen LogP contribution in [0.4, 0.5) is 33.6 Å². The van der Waals surface area contributed by atoms with Crippen LogP contribution < -0.4 is 20.4 Å². The van der Waals surface area contributed by atoms with E-state index in [-0.39, 0.29) is 12.4 Å². The lowest BCUT2D eigenvalue weighted by atomic mass is 10.2. The molecule has 186 valence electrons. The molecule has 2 heterocycles. The van der Waals surface area contributed by atoms with Crippen molar-refractivity contribution < 1.29 is 9.50 Å². The Morgan fingerprint density at radius 1 is 0.857 bits per heavy atom. The summed E-state index contributed by atoms with van der Waals surface area (Å²) in [5.74, 6) is 1.29. The Morgan fingerprint density at radius 3 is 2.37 bits per heavy atom. The summed E-state index contributed by atoms with van der Waals surface area (Å²) in [5.41, 5.74) is 1.41. The lowest BCUT2D eigenvalue weighted by Crippen LogP contribution is -2.47. The standard InChI is InChI=1S/C25H31ClFN7O/c26-19-8-7-9-20(18-19)29-24-30-23(28-12-5-1-2-6-17-35)31-25(32-24)34-15-13-33(14-16-34)22-11-4-3-10-21(22)27/h3-4,7-11,18,35H,1-2,5-6,12-17H2,(H2,28,29,30,31,32). The second-order valence-corrected chi connectivity index (χ2v) is 8.84. The van der Waals surface area contributed by atoms with Gasteiger partial charge in [0, 0.05) is 50.0 Å². The van der Waals surface area contributed by atoms with E-state index in [0.29, 0.717) is 54.7 Å². The molecule has 0 bridgehead atoms. The topological polar surface area (TPSA) is 89.4 Å². The minimum Gasteiger partial charge on any atom is -0.396 e. The van der Waals surface area contributed by atoms with Gasteiger partial charge >= 0.3 is 0 Å². The Morgan fingerprint density at radius 2 is 1.60 bits per heavy atom. The number of aromatic nitrogens is 3. The van der Waals surface area contributed by atoms with Gasteiger partial charge in [0.05, 0.1) is 5.69 Å². The molecular formula is C25H31ClFN7O. The van der Waals surface area contributed by atoms with E-state index in [4.69, 9.17) is 16.7 Å². The summed E-state index contributed by atoms with van der Waals surface area (Å²) in [5, 5.41) is 16.1. The zero-order valence-electron chi connectivity index (χ0n) is 19.6. The molecule has 3 N–H and O–H groups in total. The third-order valence-corrected chi connectivity index (χ3v) is 6.06. The van der Waals surface area contributed by atoms with Gasteiger partial charge in [-0.1, -0.05) is 42.6 Å². The molecule has 3 aromatic rings. The highest BCUT2D eigenvalue weighted by Gasteiger charge is 2.22. The largest absolute Gasteiger partial charge is 0.396 e. The van der Waals surface area contributed by atoms with Crippen molar-refractivity contribution in [1.29, 1.82) is 0 Å². The molecule has 1 aliphatic heterocycles. The Kier molecular flexibility index (Phi) is 8.91. The van der Waals surface area contributed by atoms with Gasteiger partial charge in [-0.3, -0.25) is 0 Å². The molecule has 1 fully saturated rings. The number of benzene rings is 2. The van der Waals surface area contributed by atoms with Gasteiger partial charge in [0.2, 0.25) is 17.8 Å². The SMILES string of the molecule is OCCCCCCNc1nc(Nc2cccc(Cl)c2)nc(N2CCN(c3ccccc3F)CC2)n1. The molecule has 1 aromatic heterocycles. The molecule has 1 saturated heterocycles. The van der Waals surface area contributed by atoms with Crippen molar-refractivity contribution in [3.63, 3.8) is 0 Å². The summed E-state index contributed by atoms with van der Waals surface area (Å²) in [6.45, 7) is 3.61. The van der Waals surface area contributed by atoms with Crippen LogP contribution in [0.25, 0.3) is 0 Å². The van der Waals surface area contributed by atoms with Gasteiger partial charge in [-0.2, -0.15) is 15.0 Å². The van der Waals surface area contributed by atoms with Crippen LogP contribution in [-0.2, 0) is 0 Å². The van der Waals surface area contributed by atoms with Gasteiger partial charge < -0.3 is 25.5 Å². The number of hydrogen-bond acceptors (Lipinski definition) is 8. The summed E-state index contributed by atoms with van der Waals surface area (Å²) >= 11 is 6.13. The summed E-state index contributed by atoms with van der Waals surface area (Å²) in [7, 11) is 0. The first kappa shape index (κ1) is 24.9. The molecule has 4 rings (SSSR count). The van der Waals surface area contributed by atoms with Crippen molar-refractivity contribution in [3.8, 4) is 0 Å². The first-order chi connectivity index (χ1) is 17.1. The van der Waals surface area contributed by atoms with Crippen LogP contribution in [-0.4, -0.2) is 59.4 Å². The van der Waals surface area contributed by atoms with Crippen molar-refractivity contribution in [2.45, 2.75) is 25.7 Å². The Labute approximate surface area is 210 Å². The predicted molar refractivity (Wildman–Crippen MR) is 139 cm³/mol. The van der Waals surface area contributed by atoms with Crippen molar-refractivity contribution in [2.24, 2.45) is 0 Å². The number of hydrogen-bond donors (Lipinski definition) is 3. The van der Waals surface area contributed by atoms with Crippen molar-refractivity contribution in [3.05, 3.63) is 59.4 Å². The summed E-state index contributed by atoms with van der Waals surface area (Å²) in [6.07, 6.45) is 3.80. The van der Waals surface area contributed by atoms with Crippen LogP contribution in [0.5, 0.6) is 0 Å². The fourth-order valence-corrected chi connectivity index (χ4v) is 4.17. The molecule has 0 spiro atoms. The van der Waals surface area contributed by atoms with E-state index >= 15 is 0 Å². The van der Waals surface area contributed by atoms with Gasteiger partial charge in [0.25, 0.3) is 0 Å². The summed E-state index contributed by atoms with van der Waals surface area (Å²) in [4.78, 5) is 18.0. The van der Waals surface area contributed by atoms with Crippen LogP contribution in [0.1, 0.15) is 25.7 Å². The molecule has 2 aromatic carbocycles. The normalized spacial score (nSPS) is 13.7. The van der Waals surface area contributed by atoms with Crippen LogP contribution in [0.15, 0.2) is 48.5 Å². The number of nitrogens with one attached hydrogen (secondary N) is 2. The van der Waals surface area contributed by atoms with Crippen molar-refractivity contribution in [2.75, 3.05) is 59.8 Å². The van der Waals surface area contributed by atoms with E-state index in [1.165, 1.54) is 6.07 Å². The lowest BCUT2D eigenvalue weighted by Gasteiger charge is -2.36. The molecule has 0 aliphatic carbocycles. The second kappa shape index (κ2) is 12.5. The van der Waals surface area contributed by atoms with E-state index in [1.807, 2.05) is 41.3 Å². The number of para-hydroxylation sites is 1. The van der Waals surface area contributed by atoms with Gasteiger partial charge in [0.1, 0.15) is 5.82 Å². The number of unbranched alkanes of at least 4 members (excludes halogenated alkanes) is 3. The first-order valence-corrected chi connectivity index (χ1v) is 12.4. The fourth-order valence-electron chi connectivity index (χ4n) is 3.98. The van der Waals surface area contributed by atoms with Crippen molar-refractivity contribution in [1.82, 2.24) is 15.0 Å². The number of aliphatic hydroxyl groups is 1. The van der Waals surface area contributed by atoms with Crippen LogP contribution in [0.3, 0.4) is 0 Å². The minimum absolute atomic E-state index is 0.209. The molecule has 35 heavy (non-hydrogen) atoms. The highest BCUT2D eigenvalue weighted by Crippen LogP contribution is 2.24. The highest BCUT2D eigenvalue weighted by atomic mass is 35.5. The smallest absolute Gasteiger partial charge is 0.233 e. The zero-order valence-corrected chi connectivity index (χ0v) is 20.4. The number of rotatable bonds is 11. The first-order valence-electron chi connectivity index (χ1n) is 12.0. The molecular weight excluding hydrogens is 469 g/mol. The third-order valence-electron chi connectivity index (χ3n) is 5.83. The van der Waals surface area contributed by atoms with Crippen LogP contribution in [0.2, 0.25) is 5.02 Å². The minimum atomic E-state index is -0.209. The van der Waals surface area contributed by atoms with Gasteiger partial charge in [-0.15, -0.1) is 0 Å². The predicted octanol–water partition coefficient (Wildman–Crippen LogP) is 4.70. The second-order valence-electron chi connectivity index (χ2n) is 8.41. The number of piperazine rings is 1. The Bertz CT molecular complexity index is 1090. The summed E-state index contributed by atoms with van der Waals surface area (Å²) < 4.78 is 14.2. The number of anilines is 5. The van der Waals surface area contributed by atoms with E-state index in [1.54, 1.807) is 6.07 Å². The third kappa shape index (κ3) is 7.16. The maximum atomic E-state index is 14.2. The molecule has 10 heteroatoms. The van der Waals surface area contributed by atoms with E-state index in [2.05, 4.69) is 30.5 Å². The molecule has 0 atom stereocenters. The number of nitrogens with zero attached hydrogens (tertiary/aromatic N) is 5. The van der Waals surface area contributed by atoms with Gasteiger partial charge in [-0.05, 0) is 43.2 Å². The highest BCUT2D eigenvalue weighted by molar-refractivity contribution is 6.30. The zero-order chi connectivity index (χ0) is 24.5. The Balaban J connectivity index is 1.46. The molecule has 0 saturated carbocycles. The molecule has 0 radical (unpaired) electrons. The monoisotopic (exact) mass is 499 g/mol. The quantitative estimate of drug-likeness (QED) is 0.327. The van der Waals surface area contributed by atoms with Gasteiger partial charge in [0.15, 0.2) is 0 Å². The molecule has 8 nitrogen and oxygen atoms in total. The van der Waals surface area contributed by atoms with Crippen LogP contribution >= 0.6 is 11.6 Å². The maximum Gasteiger partial charge on any atom is 0.233 e.